The number of ether oxygens (including phenoxy) is 1. The fourth-order valence-electron chi connectivity index (χ4n) is 2.85. The first-order valence-electron chi connectivity index (χ1n) is 7.06. The highest BCUT2D eigenvalue weighted by atomic mass is 16.5. The molecule has 2 nitrogen and oxygen atoms in total. The van der Waals surface area contributed by atoms with E-state index in [2.05, 4.69) is 20.8 Å². The van der Waals surface area contributed by atoms with Crippen LogP contribution < -0.4 is 4.74 Å². The molecular weight excluding hydrogens is 224 g/mol. The van der Waals surface area contributed by atoms with Gasteiger partial charge in [-0.15, -0.1) is 0 Å². The second kappa shape index (κ2) is 5.31. The number of rotatable bonds is 4. The summed E-state index contributed by atoms with van der Waals surface area (Å²) in [7, 11) is 0. The van der Waals surface area contributed by atoms with E-state index in [1.807, 2.05) is 24.3 Å². The van der Waals surface area contributed by atoms with Crippen LogP contribution in [0.2, 0.25) is 0 Å². The molecular formula is C16H24O2. The number of aliphatic hydroxyl groups excluding tert-OH is 1. The van der Waals surface area contributed by atoms with E-state index < -0.39 is 0 Å². The molecule has 1 heterocycles. The van der Waals surface area contributed by atoms with Crippen molar-refractivity contribution in [3.8, 4) is 5.75 Å². The predicted octanol–water partition coefficient (Wildman–Crippen LogP) is 4.09. The average Bonchev–Trinajstić information content (AvgIpc) is 2.38. The Hall–Kier alpha value is -1.02. The second-order valence-corrected chi connectivity index (χ2v) is 5.61. The molecule has 2 unspecified atom stereocenters. The van der Waals surface area contributed by atoms with Crippen LogP contribution >= 0.6 is 0 Å². The van der Waals surface area contributed by atoms with Crippen molar-refractivity contribution >= 4 is 0 Å². The molecule has 18 heavy (non-hydrogen) atoms. The summed E-state index contributed by atoms with van der Waals surface area (Å²) in [6.07, 6.45) is 3.45. The van der Waals surface area contributed by atoms with Gasteiger partial charge in [0, 0.05) is 12.0 Å². The van der Waals surface area contributed by atoms with Crippen LogP contribution in [-0.2, 0) is 0 Å². The fourth-order valence-corrected chi connectivity index (χ4v) is 2.85. The minimum atomic E-state index is -0.390. The monoisotopic (exact) mass is 248 g/mol. The minimum absolute atomic E-state index is 0.191. The zero-order valence-electron chi connectivity index (χ0n) is 11.6. The molecule has 1 aromatic rings. The molecule has 0 saturated heterocycles. The summed E-state index contributed by atoms with van der Waals surface area (Å²) >= 11 is 0. The molecule has 0 bridgehead atoms. The van der Waals surface area contributed by atoms with Gasteiger partial charge in [-0.05, 0) is 24.8 Å². The topological polar surface area (TPSA) is 29.5 Å². The van der Waals surface area contributed by atoms with E-state index in [4.69, 9.17) is 4.74 Å². The molecule has 1 aliphatic heterocycles. The Bertz CT molecular complexity index is 402. The maximum absolute atomic E-state index is 10.3. The van der Waals surface area contributed by atoms with Crippen molar-refractivity contribution in [3.63, 3.8) is 0 Å². The summed E-state index contributed by atoms with van der Waals surface area (Å²) in [5.74, 6) is 1.49. The molecule has 100 valence electrons. The van der Waals surface area contributed by atoms with Gasteiger partial charge in [0.1, 0.15) is 11.4 Å². The summed E-state index contributed by atoms with van der Waals surface area (Å²) in [5, 5.41) is 10.3. The van der Waals surface area contributed by atoms with Crippen LogP contribution in [0, 0.1) is 5.92 Å². The molecule has 3 atom stereocenters. The summed E-state index contributed by atoms with van der Waals surface area (Å²) < 4.78 is 6.25. The van der Waals surface area contributed by atoms with Crippen molar-refractivity contribution in [2.24, 2.45) is 5.92 Å². The lowest BCUT2D eigenvalue weighted by molar-refractivity contribution is -0.0318. The van der Waals surface area contributed by atoms with Crippen molar-refractivity contribution in [1.29, 1.82) is 0 Å². The summed E-state index contributed by atoms with van der Waals surface area (Å²) in [6.45, 7) is 6.62. The van der Waals surface area contributed by atoms with Gasteiger partial charge in [0.05, 0.1) is 6.10 Å². The molecule has 2 rings (SSSR count). The normalized spacial score (nSPS) is 28.3. The smallest absolute Gasteiger partial charge is 0.125 e. The largest absolute Gasteiger partial charge is 0.487 e. The number of fused-ring (bicyclic) bond motifs is 1. The number of hydrogen-bond acceptors (Lipinski definition) is 2. The van der Waals surface area contributed by atoms with E-state index >= 15 is 0 Å². The highest BCUT2D eigenvalue weighted by molar-refractivity contribution is 5.37. The Kier molecular flexibility index (Phi) is 3.96. The van der Waals surface area contributed by atoms with Crippen LogP contribution in [0.15, 0.2) is 24.3 Å². The van der Waals surface area contributed by atoms with Crippen molar-refractivity contribution in [2.75, 3.05) is 0 Å². The Morgan fingerprint density at radius 2 is 2.11 bits per heavy atom. The maximum Gasteiger partial charge on any atom is 0.125 e. The number of benzene rings is 1. The number of aliphatic hydroxyl groups is 1. The van der Waals surface area contributed by atoms with E-state index in [0.29, 0.717) is 12.3 Å². The van der Waals surface area contributed by atoms with Gasteiger partial charge in [-0.1, -0.05) is 45.4 Å². The second-order valence-electron chi connectivity index (χ2n) is 5.61. The Labute approximate surface area is 110 Å². The standard InChI is InChI=1S/C16H24O2/c1-4-12(3)10-16(5-2)11-14(17)13-8-6-7-9-15(13)18-16/h6-9,12,14,17H,4-5,10-11H2,1-3H3/t12?,14-,16?/m0/s1. The van der Waals surface area contributed by atoms with E-state index in [-0.39, 0.29) is 11.7 Å². The zero-order chi connectivity index (χ0) is 13.2. The molecule has 1 aliphatic rings. The molecule has 2 heteroatoms. The Morgan fingerprint density at radius 1 is 1.39 bits per heavy atom. The molecule has 0 aromatic heterocycles. The molecule has 0 spiro atoms. The van der Waals surface area contributed by atoms with Gasteiger partial charge in [-0.3, -0.25) is 0 Å². The molecule has 0 fully saturated rings. The lowest BCUT2D eigenvalue weighted by atomic mass is 9.80. The van der Waals surface area contributed by atoms with Crippen LogP contribution in [-0.4, -0.2) is 10.7 Å². The van der Waals surface area contributed by atoms with Crippen LogP contribution in [0.25, 0.3) is 0 Å². The highest BCUT2D eigenvalue weighted by Crippen LogP contribution is 2.43. The minimum Gasteiger partial charge on any atom is -0.487 e. The number of para-hydroxylation sites is 1. The molecule has 1 N–H and O–H groups in total. The number of hydrogen-bond donors (Lipinski definition) is 1. The van der Waals surface area contributed by atoms with Crippen LogP contribution in [0.4, 0.5) is 0 Å². The maximum atomic E-state index is 10.3. The first kappa shape index (κ1) is 13.4. The van der Waals surface area contributed by atoms with Crippen molar-refractivity contribution < 1.29 is 9.84 Å². The first-order chi connectivity index (χ1) is 8.60. The predicted molar refractivity (Wildman–Crippen MR) is 73.7 cm³/mol. The van der Waals surface area contributed by atoms with Crippen molar-refractivity contribution in [2.45, 2.75) is 58.2 Å². The van der Waals surface area contributed by atoms with E-state index in [0.717, 1.165) is 30.6 Å². The van der Waals surface area contributed by atoms with E-state index in [1.165, 1.54) is 0 Å². The Morgan fingerprint density at radius 3 is 2.78 bits per heavy atom. The fraction of sp³-hybridized carbons (Fsp3) is 0.625. The van der Waals surface area contributed by atoms with Crippen molar-refractivity contribution in [1.82, 2.24) is 0 Å². The third-order valence-electron chi connectivity index (χ3n) is 4.23. The van der Waals surface area contributed by atoms with Crippen LogP contribution in [0.3, 0.4) is 0 Å². The van der Waals surface area contributed by atoms with Gasteiger partial charge in [0.25, 0.3) is 0 Å². The van der Waals surface area contributed by atoms with Crippen LogP contribution in [0.1, 0.15) is 58.1 Å². The molecule has 0 aliphatic carbocycles. The van der Waals surface area contributed by atoms with E-state index in [9.17, 15) is 5.11 Å². The zero-order valence-corrected chi connectivity index (χ0v) is 11.6. The van der Waals surface area contributed by atoms with E-state index in [1.54, 1.807) is 0 Å². The Balaban J connectivity index is 2.26. The lowest BCUT2D eigenvalue weighted by Crippen LogP contribution is -2.42. The molecule has 0 amide bonds. The van der Waals surface area contributed by atoms with Gasteiger partial charge in [-0.25, -0.2) is 0 Å². The highest BCUT2D eigenvalue weighted by Gasteiger charge is 2.39. The third-order valence-corrected chi connectivity index (χ3v) is 4.23. The lowest BCUT2D eigenvalue weighted by Gasteiger charge is -2.41. The molecule has 0 saturated carbocycles. The summed E-state index contributed by atoms with van der Waals surface area (Å²) in [5.41, 5.74) is 0.745. The molecule has 1 aromatic carbocycles. The quantitative estimate of drug-likeness (QED) is 0.869. The van der Waals surface area contributed by atoms with Gasteiger partial charge in [-0.2, -0.15) is 0 Å². The van der Waals surface area contributed by atoms with Gasteiger partial charge in [0.15, 0.2) is 0 Å². The van der Waals surface area contributed by atoms with Crippen LogP contribution in [0.5, 0.6) is 5.75 Å². The summed E-state index contributed by atoms with van der Waals surface area (Å²) in [4.78, 5) is 0. The summed E-state index contributed by atoms with van der Waals surface area (Å²) in [6, 6.07) is 7.86. The van der Waals surface area contributed by atoms with Crippen molar-refractivity contribution in [3.05, 3.63) is 29.8 Å². The first-order valence-corrected chi connectivity index (χ1v) is 7.06. The van der Waals surface area contributed by atoms with Gasteiger partial charge >= 0.3 is 0 Å². The SMILES string of the molecule is CCC(C)CC1(CC)C[C@H](O)c2ccccc2O1. The third kappa shape index (κ3) is 2.54. The molecule has 0 radical (unpaired) electrons. The van der Waals surface area contributed by atoms with Gasteiger partial charge < -0.3 is 9.84 Å². The average molecular weight is 248 g/mol. The van der Waals surface area contributed by atoms with Gasteiger partial charge in [0.2, 0.25) is 0 Å².